The summed E-state index contributed by atoms with van der Waals surface area (Å²) in [5, 5.41) is 1.31. The van der Waals surface area contributed by atoms with E-state index in [0.29, 0.717) is 28.9 Å². The zero-order valence-corrected chi connectivity index (χ0v) is 15.9. The molecular weight excluding hydrogens is 373 g/mol. The molecule has 0 radical (unpaired) electrons. The number of amides is 1. The van der Waals surface area contributed by atoms with E-state index in [1.165, 1.54) is 0 Å². The molecule has 2 aromatic carbocycles. The van der Waals surface area contributed by atoms with Crippen LogP contribution in [-0.4, -0.2) is 36.7 Å². The highest BCUT2D eigenvalue weighted by atomic mass is 35.5. The average molecular weight is 394 g/mol. The van der Waals surface area contributed by atoms with E-state index in [4.69, 9.17) is 32.7 Å². The minimum atomic E-state index is -0.0783. The molecule has 1 atom stereocenters. The van der Waals surface area contributed by atoms with Gasteiger partial charge in [-0.1, -0.05) is 35.3 Å². The maximum Gasteiger partial charge on any atom is 0.260 e. The second-order valence-corrected chi connectivity index (χ2v) is 7.15. The van der Waals surface area contributed by atoms with E-state index >= 15 is 0 Å². The van der Waals surface area contributed by atoms with Crippen molar-refractivity contribution in [3.8, 4) is 5.75 Å². The average Bonchev–Trinajstić information content (AvgIpc) is 3.15. The summed E-state index contributed by atoms with van der Waals surface area (Å²) in [5.41, 5.74) is 1.02. The molecule has 1 heterocycles. The Hall–Kier alpha value is -1.75. The van der Waals surface area contributed by atoms with Crippen LogP contribution in [0.15, 0.2) is 48.5 Å². The first-order valence-corrected chi connectivity index (χ1v) is 9.38. The van der Waals surface area contributed by atoms with Crippen LogP contribution in [0.5, 0.6) is 5.75 Å². The van der Waals surface area contributed by atoms with Gasteiger partial charge in [0.05, 0.1) is 6.10 Å². The van der Waals surface area contributed by atoms with Crippen molar-refractivity contribution in [2.45, 2.75) is 25.5 Å². The number of carbonyl (C=O) groups excluding carboxylic acids is 1. The van der Waals surface area contributed by atoms with Gasteiger partial charge in [0.15, 0.2) is 6.61 Å². The maximum atomic E-state index is 12.7. The van der Waals surface area contributed by atoms with Gasteiger partial charge < -0.3 is 14.4 Å². The topological polar surface area (TPSA) is 38.8 Å². The highest BCUT2D eigenvalue weighted by Crippen LogP contribution is 2.18. The van der Waals surface area contributed by atoms with Gasteiger partial charge in [0, 0.05) is 29.7 Å². The second-order valence-electron chi connectivity index (χ2n) is 6.28. The fourth-order valence-corrected chi connectivity index (χ4v) is 3.12. The van der Waals surface area contributed by atoms with Crippen molar-refractivity contribution >= 4 is 29.1 Å². The lowest BCUT2D eigenvalue weighted by molar-refractivity contribution is -0.135. The summed E-state index contributed by atoms with van der Waals surface area (Å²) in [6, 6.07) is 14.5. The molecule has 1 saturated heterocycles. The van der Waals surface area contributed by atoms with Crippen molar-refractivity contribution in [1.82, 2.24) is 4.90 Å². The van der Waals surface area contributed by atoms with Crippen LogP contribution in [0.2, 0.25) is 10.0 Å². The molecule has 6 heteroatoms. The van der Waals surface area contributed by atoms with Gasteiger partial charge in [-0.15, -0.1) is 0 Å². The quantitative estimate of drug-likeness (QED) is 0.690. The van der Waals surface area contributed by atoms with Gasteiger partial charge in [-0.05, 0) is 54.8 Å². The standard InChI is InChI=1S/C20H21Cl2NO3/c21-16-5-3-15(4-6-16)12-23(13-19-2-1-11-25-19)20(24)14-26-18-9-7-17(22)8-10-18/h3-10,19H,1-2,11-14H2/t19-/m0/s1. The van der Waals surface area contributed by atoms with E-state index in [2.05, 4.69) is 0 Å². The third kappa shape index (κ3) is 5.63. The van der Waals surface area contributed by atoms with Crippen LogP contribution in [0, 0.1) is 0 Å². The van der Waals surface area contributed by atoms with Crippen LogP contribution in [0.25, 0.3) is 0 Å². The first-order chi connectivity index (χ1) is 12.6. The highest BCUT2D eigenvalue weighted by Gasteiger charge is 2.23. The second kappa shape index (κ2) is 9.26. The summed E-state index contributed by atoms with van der Waals surface area (Å²) in [6.07, 6.45) is 2.10. The molecule has 3 rings (SSSR count). The predicted octanol–water partition coefficient (Wildman–Crippen LogP) is 4.58. The Bertz CT molecular complexity index is 713. The fourth-order valence-electron chi connectivity index (χ4n) is 2.87. The van der Waals surface area contributed by atoms with Crippen molar-refractivity contribution in [1.29, 1.82) is 0 Å². The molecule has 26 heavy (non-hydrogen) atoms. The summed E-state index contributed by atoms with van der Waals surface area (Å²) in [5.74, 6) is 0.539. The van der Waals surface area contributed by atoms with Gasteiger partial charge in [0.1, 0.15) is 5.75 Å². The van der Waals surface area contributed by atoms with Crippen molar-refractivity contribution in [3.63, 3.8) is 0 Å². The van der Waals surface area contributed by atoms with Crippen molar-refractivity contribution in [2.75, 3.05) is 19.8 Å². The number of hydrogen-bond acceptors (Lipinski definition) is 3. The number of benzene rings is 2. The van der Waals surface area contributed by atoms with E-state index in [1.807, 2.05) is 24.3 Å². The smallest absolute Gasteiger partial charge is 0.260 e. The molecule has 1 aliphatic heterocycles. The third-order valence-corrected chi connectivity index (χ3v) is 4.77. The van der Waals surface area contributed by atoms with Crippen molar-refractivity contribution < 1.29 is 14.3 Å². The molecule has 1 fully saturated rings. The molecule has 0 bridgehead atoms. The molecule has 1 aliphatic rings. The van der Waals surface area contributed by atoms with Gasteiger partial charge in [-0.3, -0.25) is 4.79 Å². The third-order valence-electron chi connectivity index (χ3n) is 4.26. The Morgan fingerprint density at radius 3 is 2.35 bits per heavy atom. The summed E-state index contributed by atoms with van der Waals surface area (Å²) in [7, 11) is 0. The SMILES string of the molecule is O=C(COc1ccc(Cl)cc1)N(Cc1ccc(Cl)cc1)C[C@@H]1CCCO1. The lowest BCUT2D eigenvalue weighted by Crippen LogP contribution is -2.39. The fraction of sp³-hybridized carbons (Fsp3) is 0.350. The molecule has 0 aliphatic carbocycles. The van der Waals surface area contributed by atoms with Gasteiger partial charge in [0.2, 0.25) is 0 Å². The number of halogens is 2. The van der Waals surface area contributed by atoms with Crippen LogP contribution in [-0.2, 0) is 16.1 Å². The summed E-state index contributed by atoms with van der Waals surface area (Å²) in [4.78, 5) is 14.5. The first kappa shape index (κ1) is 19.0. The minimum Gasteiger partial charge on any atom is -0.484 e. The number of hydrogen-bond donors (Lipinski definition) is 0. The van der Waals surface area contributed by atoms with Gasteiger partial charge >= 0.3 is 0 Å². The number of ether oxygens (including phenoxy) is 2. The molecule has 0 saturated carbocycles. The Labute approximate surface area is 163 Å². The molecule has 138 valence electrons. The first-order valence-electron chi connectivity index (χ1n) is 8.62. The Morgan fingerprint density at radius 2 is 1.73 bits per heavy atom. The molecule has 0 N–H and O–H groups in total. The Morgan fingerprint density at radius 1 is 1.08 bits per heavy atom. The largest absolute Gasteiger partial charge is 0.484 e. The summed E-state index contributed by atoms with van der Waals surface area (Å²) < 4.78 is 11.3. The minimum absolute atomic E-state index is 0.0259. The van der Waals surface area contributed by atoms with Gasteiger partial charge in [-0.2, -0.15) is 0 Å². The Balaban J connectivity index is 1.63. The van der Waals surface area contributed by atoms with Crippen LogP contribution in [0.3, 0.4) is 0 Å². The number of rotatable bonds is 7. The zero-order chi connectivity index (χ0) is 18.4. The predicted molar refractivity (Wildman–Crippen MR) is 103 cm³/mol. The molecule has 0 spiro atoms. The molecule has 4 nitrogen and oxygen atoms in total. The van der Waals surface area contributed by atoms with Gasteiger partial charge in [-0.25, -0.2) is 0 Å². The van der Waals surface area contributed by atoms with Crippen LogP contribution in [0.1, 0.15) is 18.4 Å². The van der Waals surface area contributed by atoms with Crippen molar-refractivity contribution in [3.05, 3.63) is 64.1 Å². The molecular formula is C20H21Cl2NO3. The van der Waals surface area contributed by atoms with Crippen molar-refractivity contribution in [2.24, 2.45) is 0 Å². The molecule has 0 aromatic heterocycles. The van der Waals surface area contributed by atoms with Crippen LogP contribution < -0.4 is 4.74 Å². The zero-order valence-electron chi connectivity index (χ0n) is 14.4. The van der Waals surface area contributed by atoms with E-state index in [1.54, 1.807) is 29.2 Å². The maximum absolute atomic E-state index is 12.7. The summed E-state index contributed by atoms with van der Waals surface area (Å²) >= 11 is 11.8. The highest BCUT2D eigenvalue weighted by molar-refractivity contribution is 6.30. The molecule has 0 unspecified atom stereocenters. The van der Waals surface area contributed by atoms with E-state index in [9.17, 15) is 4.79 Å². The number of carbonyl (C=O) groups is 1. The van der Waals surface area contributed by atoms with E-state index in [-0.39, 0.29) is 18.6 Å². The number of nitrogens with zero attached hydrogens (tertiary/aromatic N) is 1. The Kier molecular flexibility index (Phi) is 6.78. The summed E-state index contributed by atoms with van der Waals surface area (Å²) in [6.45, 7) is 1.79. The lowest BCUT2D eigenvalue weighted by Gasteiger charge is -2.25. The normalized spacial score (nSPS) is 16.5. The molecule has 2 aromatic rings. The van der Waals surface area contributed by atoms with E-state index in [0.717, 1.165) is 25.0 Å². The van der Waals surface area contributed by atoms with Gasteiger partial charge in [0.25, 0.3) is 5.91 Å². The van der Waals surface area contributed by atoms with Crippen LogP contribution in [0.4, 0.5) is 0 Å². The van der Waals surface area contributed by atoms with Crippen LogP contribution >= 0.6 is 23.2 Å². The molecule has 1 amide bonds. The lowest BCUT2D eigenvalue weighted by atomic mass is 10.2. The van der Waals surface area contributed by atoms with E-state index < -0.39 is 0 Å². The monoisotopic (exact) mass is 393 g/mol.